The van der Waals surface area contributed by atoms with Crippen LogP contribution in [0, 0.1) is 32.9 Å². The number of fused-ring (bicyclic) bond motifs is 3. The number of hydrogen-bond donors (Lipinski definition) is 0. The van der Waals surface area contributed by atoms with Crippen LogP contribution in [0.4, 0.5) is 0 Å². The molecule has 0 N–H and O–H groups in total. The van der Waals surface area contributed by atoms with Crippen LogP contribution < -0.4 is 4.74 Å². The van der Waals surface area contributed by atoms with Crippen molar-refractivity contribution in [3.63, 3.8) is 0 Å². The molecule has 0 saturated carbocycles. The fourth-order valence-electron chi connectivity index (χ4n) is 6.68. The second kappa shape index (κ2) is 13.9. The van der Waals surface area contributed by atoms with E-state index in [4.69, 9.17) is 14.8 Å². The SMILES string of the molecule is CCCCc1c(-c2c(C)cccc2C)c(C(C)C)nn1-c1[c-]c(Oc2[c-]c3c(cc2)c2ccccc2n3-c2cc(C)ccn2)ccc1.[Pt+2]. The normalized spacial score (nSPS) is 11.4. The second-order valence-corrected chi connectivity index (χ2v) is 12.8. The molecule has 0 spiro atoms. The van der Waals surface area contributed by atoms with Crippen LogP contribution in [0.1, 0.15) is 67.6 Å². The van der Waals surface area contributed by atoms with Crippen molar-refractivity contribution in [3.8, 4) is 34.1 Å². The summed E-state index contributed by atoms with van der Waals surface area (Å²) < 4.78 is 10.8. The van der Waals surface area contributed by atoms with Crippen molar-refractivity contribution >= 4 is 21.8 Å². The fourth-order valence-corrected chi connectivity index (χ4v) is 6.68. The van der Waals surface area contributed by atoms with E-state index < -0.39 is 0 Å². The number of hydrogen-bond acceptors (Lipinski definition) is 3. The molecule has 4 aromatic carbocycles. The van der Waals surface area contributed by atoms with Gasteiger partial charge in [0.2, 0.25) is 0 Å². The van der Waals surface area contributed by atoms with E-state index in [2.05, 4.69) is 124 Å². The van der Waals surface area contributed by atoms with E-state index in [1.165, 1.54) is 27.9 Å². The van der Waals surface area contributed by atoms with Gasteiger partial charge < -0.3 is 9.30 Å². The Morgan fingerprint density at radius 3 is 2.29 bits per heavy atom. The number of benzene rings is 4. The van der Waals surface area contributed by atoms with Crippen LogP contribution in [0.15, 0.2) is 91.1 Å². The van der Waals surface area contributed by atoms with Crippen molar-refractivity contribution in [1.29, 1.82) is 0 Å². The first-order valence-electron chi connectivity index (χ1n) is 16.6. The first-order valence-corrected chi connectivity index (χ1v) is 16.6. The maximum absolute atomic E-state index is 6.50. The van der Waals surface area contributed by atoms with Gasteiger partial charge in [-0.05, 0) is 91.1 Å². The molecular formula is C42H40N4OPt. The summed E-state index contributed by atoms with van der Waals surface area (Å²) in [5.41, 5.74) is 11.5. The summed E-state index contributed by atoms with van der Waals surface area (Å²) in [6, 6.07) is 36.3. The zero-order valence-corrected chi connectivity index (χ0v) is 30.6. The number of aromatic nitrogens is 4. The van der Waals surface area contributed by atoms with Crippen LogP contribution in [0.5, 0.6) is 11.5 Å². The maximum atomic E-state index is 6.50. The molecule has 0 bridgehead atoms. The molecule has 0 unspecified atom stereocenters. The summed E-state index contributed by atoms with van der Waals surface area (Å²) in [7, 11) is 0. The first kappa shape index (κ1) is 33.4. The summed E-state index contributed by atoms with van der Waals surface area (Å²) >= 11 is 0. The average molecular weight is 812 g/mol. The third-order valence-corrected chi connectivity index (χ3v) is 8.94. The van der Waals surface area contributed by atoms with Gasteiger partial charge in [0.15, 0.2) is 0 Å². The van der Waals surface area contributed by atoms with Crippen LogP contribution >= 0.6 is 0 Å². The summed E-state index contributed by atoms with van der Waals surface area (Å²) in [6.07, 6.45) is 4.97. The molecule has 0 saturated heterocycles. The van der Waals surface area contributed by atoms with Gasteiger partial charge in [-0.25, -0.2) is 4.98 Å². The molecule has 0 fully saturated rings. The number of aryl methyl sites for hydroxylation is 3. The standard InChI is InChI=1S/C42H40N4O.Pt/c1-7-8-18-37-41(40-29(5)13-11-14-30(40)6)42(27(2)3)44-46(37)31-15-12-16-32(25-31)47-33-20-21-35-34-17-9-10-19-36(34)45(38(35)26-33)39-24-28(4)22-23-43-39;/h9-17,19-24,27H,7-8,18H2,1-6H3;/q-2;+2. The molecule has 0 aliphatic rings. The molecule has 0 atom stereocenters. The molecule has 7 rings (SSSR count). The molecule has 3 aromatic heterocycles. The van der Waals surface area contributed by atoms with Crippen LogP contribution in [0.2, 0.25) is 0 Å². The van der Waals surface area contributed by atoms with Crippen molar-refractivity contribution in [3.05, 3.63) is 131 Å². The molecule has 7 aromatic rings. The van der Waals surface area contributed by atoms with Gasteiger partial charge in [-0.15, -0.1) is 35.7 Å². The molecule has 0 radical (unpaired) electrons. The van der Waals surface area contributed by atoms with Crippen LogP contribution in [0.25, 0.3) is 44.4 Å². The molecule has 3 heterocycles. The fraction of sp³-hybridized carbons (Fsp3) is 0.238. The number of pyridine rings is 1. The molecule has 244 valence electrons. The predicted molar refractivity (Wildman–Crippen MR) is 192 cm³/mol. The molecule has 0 amide bonds. The van der Waals surface area contributed by atoms with E-state index in [-0.39, 0.29) is 27.0 Å². The van der Waals surface area contributed by atoms with Crippen LogP contribution in [0.3, 0.4) is 0 Å². The van der Waals surface area contributed by atoms with E-state index >= 15 is 0 Å². The van der Waals surface area contributed by atoms with Crippen molar-refractivity contribution in [2.45, 2.75) is 66.7 Å². The third kappa shape index (κ3) is 6.13. The van der Waals surface area contributed by atoms with Gasteiger partial charge in [0.05, 0.1) is 5.69 Å². The monoisotopic (exact) mass is 811 g/mol. The van der Waals surface area contributed by atoms with Crippen molar-refractivity contribution in [1.82, 2.24) is 19.3 Å². The summed E-state index contributed by atoms with van der Waals surface area (Å²) in [5.74, 6) is 2.36. The minimum Gasteiger partial charge on any atom is -0.509 e. The molecule has 5 nitrogen and oxygen atoms in total. The largest absolute Gasteiger partial charge is 2.00 e. The van der Waals surface area contributed by atoms with Gasteiger partial charge in [0, 0.05) is 34.5 Å². The van der Waals surface area contributed by atoms with Gasteiger partial charge in [-0.2, -0.15) is 17.2 Å². The third-order valence-electron chi connectivity index (χ3n) is 8.94. The summed E-state index contributed by atoms with van der Waals surface area (Å²) in [4.78, 5) is 4.71. The smallest absolute Gasteiger partial charge is 0.509 e. The Hall–Kier alpha value is -4.47. The Balaban J connectivity index is 0.00000401. The second-order valence-electron chi connectivity index (χ2n) is 12.8. The quantitative estimate of drug-likeness (QED) is 0.136. The van der Waals surface area contributed by atoms with Crippen molar-refractivity contribution in [2.24, 2.45) is 0 Å². The number of ether oxygens (including phenoxy) is 1. The Morgan fingerprint density at radius 1 is 0.792 bits per heavy atom. The van der Waals surface area contributed by atoms with E-state index in [0.717, 1.165) is 63.8 Å². The first-order chi connectivity index (χ1) is 22.8. The molecular weight excluding hydrogens is 772 g/mol. The summed E-state index contributed by atoms with van der Waals surface area (Å²) in [6.45, 7) is 13.2. The van der Waals surface area contributed by atoms with E-state index in [0.29, 0.717) is 11.5 Å². The minimum atomic E-state index is 0. The van der Waals surface area contributed by atoms with Gasteiger partial charge in [0.25, 0.3) is 0 Å². The number of unbranched alkanes of at least 4 members (excludes halogenated alkanes) is 1. The Morgan fingerprint density at radius 2 is 1.54 bits per heavy atom. The Bertz CT molecular complexity index is 2220. The topological polar surface area (TPSA) is 44.9 Å². The molecule has 0 aliphatic carbocycles. The Labute approximate surface area is 297 Å². The van der Waals surface area contributed by atoms with Crippen LogP contribution in [-0.2, 0) is 27.5 Å². The average Bonchev–Trinajstić information content (AvgIpc) is 3.60. The molecule has 48 heavy (non-hydrogen) atoms. The predicted octanol–water partition coefficient (Wildman–Crippen LogP) is 10.8. The Kier molecular flexibility index (Phi) is 9.71. The molecule has 6 heteroatoms. The van der Waals surface area contributed by atoms with Crippen LogP contribution in [-0.4, -0.2) is 19.3 Å². The van der Waals surface area contributed by atoms with E-state index in [9.17, 15) is 0 Å². The van der Waals surface area contributed by atoms with Gasteiger partial charge >= 0.3 is 21.1 Å². The zero-order valence-electron chi connectivity index (χ0n) is 28.4. The van der Waals surface area contributed by atoms with E-state index in [1.807, 2.05) is 30.5 Å². The van der Waals surface area contributed by atoms with Gasteiger partial charge in [-0.3, -0.25) is 4.68 Å². The maximum Gasteiger partial charge on any atom is 2.00 e. The molecule has 0 aliphatic heterocycles. The minimum absolute atomic E-state index is 0. The number of nitrogens with zero attached hydrogens (tertiary/aromatic N) is 4. The number of rotatable bonds is 9. The van der Waals surface area contributed by atoms with Crippen molar-refractivity contribution < 1.29 is 25.8 Å². The number of para-hydroxylation sites is 1. The van der Waals surface area contributed by atoms with Gasteiger partial charge in [-0.1, -0.05) is 69.1 Å². The van der Waals surface area contributed by atoms with Crippen molar-refractivity contribution in [2.75, 3.05) is 0 Å². The summed E-state index contributed by atoms with van der Waals surface area (Å²) in [5, 5.41) is 7.53. The van der Waals surface area contributed by atoms with Gasteiger partial charge in [0.1, 0.15) is 5.82 Å². The zero-order chi connectivity index (χ0) is 32.7. The van der Waals surface area contributed by atoms with E-state index in [1.54, 1.807) is 0 Å².